The Labute approximate surface area is 146 Å². The Balaban J connectivity index is 1.74. The van der Waals surface area contributed by atoms with Gasteiger partial charge in [0.1, 0.15) is 0 Å². The molecule has 0 aliphatic rings. The molecule has 0 bridgehead atoms. The quantitative estimate of drug-likeness (QED) is 0.698. The minimum Gasteiger partial charge on any atom is -0.325 e. The Morgan fingerprint density at radius 2 is 1.58 bits per heavy atom. The number of hydrogen-bond acceptors (Lipinski definition) is 3. The molecule has 3 nitrogen and oxygen atoms in total. The van der Waals surface area contributed by atoms with Crippen LogP contribution in [-0.4, -0.2) is 11.9 Å². The second-order valence-corrected chi connectivity index (χ2v) is 6.58. The zero-order valence-corrected chi connectivity index (χ0v) is 14.3. The molecule has 0 unspecified atom stereocenters. The summed E-state index contributed by atoms with van der Waals surface area (Å²) in [4.78, 5) is 13.7. The fraction of sp³-hybridized carbons (Fsp3) is 0.150. The van der Waals surface area contributed by atoms with Gasteiger partial charge in [-0.3, -0.25) is 10.1 Å². The fourth-order valence-electron chi connectivity index (χ4n) is 2.54. The van der Waals surface area contributed by atoms with Crippen LogP contribution in [-0.2, 0) is 4.79 Å². The topological polar surface area (TPSA) is 41.1 Å². The van der Waals surface area contributed by atoms with Crippen molar-refractivity contribution in [3.05, 3.63) is 88.6 Å². The highest BCUT2D eigenvalue weighted by molar-refractivity contribution is 7.10. The van der Waals surface area contributed by atoms with Crippen molar-refractivity contribution in [2.24, 2.45) is 0 Å². The predicted octanol–water partition coefficient (Wildman–Crippen LogP) is 4.45. The van der Waals surface area contributed by atoms with Crippen LogP contribution in [0.1, 0.15) is 23.4 Å². The van der Waals surface area contributed by atoms with Crippen LogP contribution in [0.4, 0.5) is 5.69 Å². The molecule has 4 heteroatoms. The van der Waals surface area contributed by atoms with Crippen molar-refractivity contribution in [3.8, 4) is 0 Å². The summed E-state index contributed by atoms with van der Waals surface area (Å²) in [6, 6.07) is 23.5. The Morgan fingerprint density at radius 3 is 2.21 bits per heavy atom. The number of amides is 1. The molecule has 1 aromatic heterocycles. The van der Waals surface area contributed by atoms with E-state index in [1.807, 2.05) is 61.5 Å². The Bertz CT molecular complexity index is 757. The van der Waals surface area contributed by atoms with E-state index in [9.17, 15) is 4.79 Å². The summed E-state index contributed by atoms with van der Waals surface area (Å²) in [6.07, 6.45) is 0. The smallest absolute Gasteiger partial charge is 0.241 e. The summed E-state index contributed by atoms with van der Waals surface area (Å²) in [5, 5.41) is 8.46. The van der Waals surface area contributed by atoms with Crippen molar-refractivity contribution in [2.75, 3.05) is 5.32 Å². The Kier molecular flexibility index (Phi) is 5.41. The molecule has 0 fully saturated rings. The molecule has 0 aliphatic heterocycles. The molecule has 2 aromatic carbocycles. The molecule has 0 saturated heterocycles. The number of carbonyl (C=O) groups excluding carboxylic acids is 1. The van der Waals surface area contributed by atoms with Gasteiger partial charge in [0, 0.05) is 10.6 Å². The first-order valence-electron chi connectivity index (χ1n) is 7.94. The van der Waals surface area contributed by atoms with Crippen molar-refractivity contribution >= 4 is 22.9 Å². The van der Waals surface area contributed by atoms with Gasteiger partial charge in [0.2, 0.25) is 5.91 Å². The lowest BCUT2D eigenvalue weighted by atomic mass is 10.0. The van der Waals surface area contributed by atoms with Crippen molar-refractivity contribution in [1.29, 1.82) is 0 Å². The number of anilines is 1. The zero-order valence-electron chi connectivity index (χ0n) is 13.5. The summed E-state index contributed by atoms with van der Waals surface area (Å²) in [5.74, 6) is -0.0429. The van der Waals surface area contributed by atoms with Gasteiger partial charge in [-0.25, -0.2) is 0 Å². The maximum Gasteiger partial charge on any atom is 0.241 e. The van der Waals surface area contributed by atoms with E-state index in [0.717, 1.165) is 11.3 Å². The highest BCUT2D eigenvalue weighted by Gasteiger charge is 2.21. The zero-order chi connectivity index (χ0) is 16.8. The average Bonchev–Trinajstić information content (AvgIpc) is 3.15. The van der Waals surface area contributed by atoms with Crippen LogP contribution in [0.15, 0.2) is 78.2 Å². The molecule has 1 heterocycles. The second kappa shape index (κ2) is 7.90. The second-order valence-electron chi connectivity index (χ2n) is 5.60. The molecule has 0 aliphatic carbocycles. The van der Waals surface area contributed by atoms with Gasteiger partial charge in [0.25, 0.3) is 0 Å². The van der Waals surface area contributed by atoms with Gasteiger partial charge in [-0.15, -0.1) is 11.3 Å². The van der Waals surface area contributed by atoms with E-state index in [0.29, 0.717) is 0 Å². The van der Waals surface area contributed by atoms with E-state index in [-0.39, 0.29) is 18.0 Å². The number of rotatable bonds is 6. The third-order valence-electron chi connectivity index (χ3n) is 3.81. The average molecular weight is 336 g/mol. The third kappa shape index (κ3) is 4.10. The molecule has 0 radical (unpaired) electrons. The number of para-hydroxylation sites is 1. The predicted molar refractivity (Wildman–Crippen MR) is 100 cm³/mol. The number of carbonyl (C=O) groups is 1. The van der Waals surface area contributed by atoms with E-state index in [1.54, 1.807) is 11.3 Å². The number of hydrogen-bond donors (Lipinski definition) is 2. The monoisotopic (exact) mass is 336 g/mol. The summed E-state index contributed by atoms with van der Waals surface area (Å²) in [7, 11) is 0. The van der Waals surface area contributed by atoms with Crippen LogP contribution in [0.2, 0.25) is 0 Å². The normalized spacial score (nSPS) is 13.2. The molecular formula is C20H20N2OS. The first kappa shape index (κ1) is 16.4. The lowest BCUT2D eigenvalue weighted by molar-refractivity contribution is -0.117. The fourth-order valence-corrected chi connectivity index (χ4v) is 3.35. The third-order valence-corrected chi connectivity index (χ3v) is 4.75. The molecule has 3 rings (SSSR count). The lowest BCUT2D eigenvalue weighted by Crippen LogP contribution is -2.40. The van der Waals surface area contributed by atoms with Gasteiger partial charge in [-0.1, -0.05) is 54.6 Å². The minimum atomic E-state index is -0.322. The maximum absolute atomic E-state index is 12.5. The van der Waals surface area contributed by atoms with Crippen LogP contribution < -0.4 is 10.6 Å². The molecule has 2 N–H and O–H groups in total. The minimum absolute atomic E-state index is 0.00252. The van der Waals surface area contributed by atoms with Crippen molar-refractivity contribution in [1.82, 2.24) is 5.32 Å². The standard InChI is InChI=1S/C20H20N2OS/c1-15(20(23)22-17-11-6-3-7-12-17)21-19(18-13-8-14-24-18)16-9-4-2-5-10-16/h2-15,19,21H,1H3,(H,22,23)/t15-,19-/m0/s1. The number of benzene rings is 2. The van der Waals surface area contributed by atoms with Crippen LogP contribution in [0.5, 0.6) is 0 Å². The highest BCUT2D eigenvalue weighted by Crippen LogP contribution is 2.26. The highest BCUT2D eigenvalue weighted by atomic mass is 32.1. The molecule has 2 atom stereocenters. The van der Waals surface area contributed by atoms with Gasteiger partial charge >= 0.3 is 0 Å². The molecule has 0 saturated carbocycles. The van der Waals surface area contributed by atoms with E-state index in [2.05, 4.69) is 34.2 Å². The molecule has 122 valence electrons. The Morgan fingerprint density at radius 1 is 0.917 bits per heavy atom. The SMILES string of the molecule is C[C@H](N[C@@H](c1ccccc1)c1cccs1)C(=O)Nc1ccccc1. The van der Waals surface area contributed by atoms with E-state index in [1.165, 1.54) is 4.88 Å². The van der Waals surface area contributed by atoms with Crippen LogP contribution >= 0.6 is 11.3 Å². The number of nitrogens with one attached hydrogen (secondary N) is 2. The van der Waals surface area contributed by atoms with Gasteiger partial charge in [0.15, 0.2) is 0 Å². The van der Waals surface area contributed by atoms with Crippen LogP contribution in [0.3, 0.4) is 0 Å². The van der Waals surface area contributed by atoms with Crippen LogP contribution in [0.25, 0.3) is 0 Å². The van der Waals surface area contributed by atoms with E-state index in [4.69, 9.17) is 0 Å². The van der Waals surface area contributed by atoms with Gasteiger partial charge in [0.05, 0.1) is 12.1 Å². The first-order chi connectivity index (χ1) is 11.7. The summed E-state index contributed by atoms with van der Waals surface area (Å²) < 4.78 is 0. The molecule has 0 spiro atoms. The number of thiophene rings is 1. The molecular weight excluding hydrogens is 316 g/mol. The van der Waals surface area contributed by atoms with Gasteiger partial charge < -0.3 is 5.32 Å². The molecule has 24 heavy (non-hydrogen) atoms. The summed E-state index contributed by atoms with van der Waals surface area (Å²) >= 11 is 1.69. The largest absolute Gasteiger partial charge is 0.325 e. The van der Waals surface area contributed by atoms with E-state index < -0.39 is 0 Å². The molecule has 1 amide bonds. The maximum atomic E-state index is 12.5. The molecule has 3 aromatic rings. The lowest BCUT2D eigenvalue weighted by Gasteiger charge is -2.22. The summed E-state index contributed by atoms with van der Waals surface area (Å²) in [5.41, 5.74) is 1.96. The van der Waals surface area contributed by atoms with Gasteiger partial charge in [-0.2, -0.15) is 0 Å². The Hall–Kier alpha value is -2.43. The first-order valence-corrected chi connectivity index (χ1v) is 8.82. The van der Waals surface area contributed by atoms with Crippen molar-refractivity contribution in [3.63, 3.8) is 0 Å². The van der Waals surface area contributed by atoms with Crippen molar-refractivity contribution in [2.45, 2.75) is 19.0 Å². The summed E-state index contributed by atoms with van der Waals surface area (Å²) in [6.45, 7) is 1.89. The van der Waals surface area contributed by atoms with E-state index >= 15 is 0 Å². The van der Waals surface area contributed by atoms with Crippen molar-refractivity contribution < 1.29 is 4.79 Å². The van der Waals surface area contributed by atoms with Crippen LogP contribution in [0, 0.1) is 0 Å². The van der Waals surface area contributed by atoms with Gasteiger partial charge in [-0.05, 0) is 36.1 Å².